The number of hydrogen-bond donors (Lipinski definition) is 1. The molecule has 0 aliphatic carbocycles. The number of nitrogens with one attached hydrogen (secondary N) is 1. The molecule has 0 spiro atoms. The van der Waals surface area contributed by atoms with Crippen LogP contribution in [-0.4, -0.2) is 15.0 Å². The van der Waals surface area contributed by atoms with Crippen molar-refractivity contribution in [1.29, 1.82) is 0 Å². The zero-order valence-corrected chi connectivity index (χ0v) is 12.7. The van der Waals surface area contributed by atoms with Crippen LogP contribution in [0.1, 0.15) is 0 Å². The topological polar surface area (TPSA) is 41.6 Å². The van der Waals surface area contributed by atoms with Crippen LogP contribution in [0.25, 0.3) is 33.3 Å². The summed E-state index contributed by atoms with van der Waals surface area (Å²) in [7, 11) is 0. The van der Waals surface area contributed by atoms with Gasteiger partial charge in [0, 0.05) is 40.7 Å². The SMILES string of the molecule is Fc1c(-c2c[nH]c3ncc(-c4ccsc4)cc23)ccnc1Cl. The van der Waals surface area contributed by atoms with Crippen molar-refractivity contribution >= 4 is 34.0 Å². The average molecular weight is 330 g/mol. The molecule has 0 saturated carbocycles. The molecule has 4 rings (SSSR count). The van der Waals surface area contributed by atoms with Crippen LogP contribution in [0.5, 0.6) is 0 Å². The van der Waals surface area contributed by atoms with Gasteiger partial charge in [0.15, 0.2) is 11.0 Å². The fraction of sp³-hybridized carbons (Fsp3) is 0. The summed E-state index contributed by atoms with van der Waals surface area (Å²) < 4.78 is 14.2. The minimum absolute atomic E-state index is 0.131. The molecule has 0 fully saturated rings. The highest BCUT2D eigenvalue weighted by molar-refractivity contribution is 7.08. The van der Waals surface area contributed by atoms with E-state index in [0.717, 1.165) is 22.1 Å². The number of hydrogen-bond acceptors (Lipinski definition) is 3. The van der Waals surface area contributed by atoms with E-state index in [1.807, 2.05) is 17.5 Å². The minimum atomic E-state index is -0.522. The molecule has 108 valence electrons. The first-order chi connectivity index (χ1) is 10.7. The van der Waals surface area contributed by atoms with Gasteiger partial charge in [0.05, 0.1) is 0 Å². The van der Waals surface area contributed by atoms with E-state index in [0.29, 0.717) is 11.2 Å². The fourth-order valence-electron chi connectivity index (χ4n) is 2.44. The van der Waals surface area contributed by atoms with Crippen LogP contribution in [0.15, 0.2) is 47.5 Å². The Balaban J connectivity index is 1.95. The van der Waals surface area contributed by atoms with E-state index in [9.17, 15) is 4.39 Å². The normalized spacial score (nSPS) is 11.2. The summed E-state index contributed by atoms with van der Waals surface area (Å²) in [5, 5.41) is 4.79. The van der Waals surface area contributed by atoms with Gasteiger partial charge in [0.25, 0.3) is 0 Å². The van der Waals surface area contributed by atoms with Gasteiger partial charge in [0.2, 0.25) is 0 Å². The van der Waals surface area contributed by atoms with Gasteiger partial charge in [0.1, 0.15) is 5.65 Å². The lowest BCUT2D eigenvalue weighted by Gasteiger charge is -2.04. The molecule has 0 aromatic carbocycles. The highest BCUT2D eigenvalue weighted by Gasteiger charge is 2.15. The standard InChI is InChI=1S/C16H9ClFN3S/c17-15-14(18)11(1-3-19-15)13-7-21-16-12(13)5-10(6-20-16)9-2-4-22-8-9/h1-8H,(H,20,21). The van der Waals surface area contributed by atoms with Crippen LogP contribution in [0.2, 0.25) is 5.15 Å². The summed E-state index contributed by atoms with van der Waals surface area (Å²) in [5.41, 5.74) is 3.94. The Kier molecular flexibility index (Phi) is 3.17. The number of aromatic amines is 1. The van der Waals surface area contributed by atoms with E-state index in [1.54, 1.807) is 29.8 Å². The monoisotopic (exact) mass is 329 g/mol. The molecule has 0 bridgehead atoms. The van der Waals surface area contributed by atoms with E-state index >= 15 is 0 Å². The van der Waals surface area contributed by atoms with Gasteiger partial charge in [-0.25, -0.2) is 14.4 Å². The molecular weight excluding hydrogens is 321 g/mol. The smallest absolute Gasteiger partial charge is 0.168 e. The van der Waals surface area contributed by atoms with Gasteiger partial charge in [-0.2, -0.15) is 11.3 Å². The van der Waals surface area contributed by atoms with Gasteiger partial charge in [-0.15, -0.1) is 0 Å². The lowest BCUT2D eigenvalue weighted by molar-refractivity contribution is 0.625. The molecule has 0 unspecified atom stereocenters. The van der Waals surface area contributed by atoms with Crippen molar-refractivity contribution in [2.45, 2.75) is 0 Å². The largest absolute Gasteiger partial charge is 0.346 e. The molecule has 0 saturated heterocycles. The summed E-state index contributed by atoms with van der Waals surface area (Å²) in [6, 6.07) is 5.65. The van der Waals surface area contributed by atoms with Crippen molar-refractivity contribution in [2.75, 3.05) is 0 Å². The number of pyridine rings is 2. The molecular formula is C16H9ClFN3S. The maximum Gasteiger partial charge on any atom is 0.168 e. The maximum absolute atomic E-state index is 14.2. The number of fused-ring (bicyclic) bond motifs is 1. The van der Waals surface area contributed by atoms with Crippen LogP contribution >= 0.6 is 22.9 Å². The Hall–Kier alpha value is -2.24. The molecule has 0 radical (unpaired) electrons. The molecule has 6 heteroatoms. The lowest BCUT2D eigenvalue weighted by atomic mass is 10.0. The number of aromatic nitrogens is 3. The van der Waals surface area contributed by atoms with E-state index in [1.165, 1.54) is 6.20 Å². The Morgan fingerprint density at radius 3 is 2.86 bits per heavy atom. The van der Waals surface area contributed by atoms with Crippen LogP contribution in [-0.2, 0) is 0 Å². The third-order valence-electron chi connectivity index (χ3n) is 3.52. The van der Waals surface area contributed by atoms with Gasteiger partial charge in [-0.3, -0.25) is 0 Å². The van der Waals surface area contributed by atoms with Crippen LogP contribution in [0, 0.1) is 5.82 Å². The Labute approximate surface area is 134 Å². The van der Waals surface area contributed by atoms with Gasteiger partial charge in [-0.05, 0) is 34.5 Å². The van der Waals surface area contributed by atoms with Crippen LogP contribution < -0.4 is 0 Å². The van der Waals surface area contributed by atoms with Crippen molar-refractivity contribution in [3.05, 3.63) is 58.5 Å². The second-order valence-corrected chi connectivity index (χ2v) is 5.94. The summed E-state index contributed by atoms with van der Waals surface area (Å²) in [6.45, 7) is 0. The Morgan fingerprint density at radius 2 is 2.05 bits per heavy atom. The summed E-state index contributed by atoms with van der Waals surface area (Å²) in [4.78, 5) is 11.2. The molecule has 3 nitrogen and oxygen atoms in total. The third kappa shape index (κ3) is 2.10. The second-order valence-electron chi connectivity index (χ2n) is 4.80. The van der Waals surface area contributed by atoms with Gasteiger partial charge >= 0.3 is 0 Å². The number of halogens is 2. The van der Waals surface area contributed by atoms with E-state index in [4.69, 9.17) is 11.6 Å². The van der Waals surface area contributed by atoms with E-state index in [2.05, 4.69) is 20.3 Å². The predicted molar refractivity (Wildman–Crippen MR) is 87.6 cm³/mol. The first kappa shape index (κ1) is 13.4. The highest BCUT2D eigenvalue weighted by Crippen LogP contribution is 2.33. The molecule has 0 atom stereocenters. The number of H-pyrrole nitrogens is 1. The summed E-state index contributed by atoms with van der Waals surface area (Å²) >= 11 is 7.41. The summed E-state index contributed by atoms with van der Waals surface area (Å²) in [6.07, 6.45) is 5.04. The zero-order chi connectivity index (χ0) is 15.1. The molecule has 0 aliphatic rings. The lowest BCUT2D eigenvalue weighted by Crippen LogP contribution is -1.88. The van der Waals surface area contributed by atoms with E-state index in [-0.39, 0.29) is 5.15 Å². The summed E-state index contributed by atoms with van der Waals surface area (Å²) in [5.74, 6) is -0.522. The Morgan fingerprint density at radius 1 is 1.14 bits per heavy atom. The third-order valence-corrected chi connectivity index (χ3v) is 4.47. The molecule has 22 heavy (non-hydrogen) atoms. The number of nitrogens with zero attached hydrogens (tertiary/aromatic N) is 2. The van der Waals surface area contributed by atoms with Crippen molar-refractivity contribution in [1.82, 2.24) is 15.0 Å². The fourth-order valence-corrected chi connectivity index (χ4v) is 3.26. The molecule has 4 aromatic rings. The average Bonchev–Trinajstić information content (AvgIpc) is 3.18. The van der Waals surface area contributed by atoms with Crippen molar-refractivity contribution in [2.24, 2.45) is 0 Å². The molecule has 4 heterocycles. The first-order valence-corrected chi connectivity index (χ1v) is 7.86. The Bertz CT molecular complexity index is 963. The zero-order valence-electron chi connectivity index (χ0n) is 11.2. The molecule has 1 N–H and O–H groups in total. The van der Waals surface area contributed by atoms with Crippen molar-refractivity contribution in [3.63, 3.8) is 0 Å². The molecule has 0 aliphatic heterocycles. The maximum atomic E-state index is 14.2. The van der Waals surface area contributed by atoms with E-state index < -0.39 is 5.82 Å². The molecule has 0 amide bonds. The van der Waals surface area contributed by atoms with Crippen molar-refractivity contribution in [3.8, 4) is 22.3 Å². The quantitative estimate of drug-likeness (QED) is 0.517. The first-order valence-electron chi connectivity index (χ1n) is 6.54. The number of rotatable bonds is 2. The van der Waals surface area contributed by atoms with Crippen LogP contribution in [0.3, 0.4) is 0 Å². The van der Waals surface area contributed by atoms with Crippen molar-refractivity contribution < 1.29 is 4.39 Å². The second kappa shape index (κ2) is 5.19. The predicted octanol–water partition coefficient (Wildman–Crippen LogP) is 5.15. The molecule has 4 aromatic heterocycles. The highest BCUT2D eigenvalue weighted by atomic mass is 35.5. The van der Waals surface area contributed by atoms with Gasteiger partial charge < -0.3 is 4.98 Å². The van der Waals surface area contributed by atoms with Gasteiger partial charge in [-0.1, -0.05) is 11.6 Å². The van der Waals surface area contributed by atoms with Crippen LogP contribution in [0.4, 0.5) is 4.39 Å². The minimum Gasteiger partial charge on any atom is -0.346 e. The number of thiophene rings is 1.